The number of carbonyl (C=O) groups excluding carboxylic acids is 1. The Bertz CT molecular complexity index is 1430. The number of likely N-dealkylation sites (N-methyl/N-ethyl adjacent to an activating group) is 1. The summed E-state index contributed by atoms with van der Waals surface area (Å²) in [5.41, 5.74) is 2.71. The average molecular weight is 525 g/mol. The standard InChI is InChI=1S/C27H32N4O5S/c1-17-8-6-10-19(15-32)24(17)22-13-23-29-26(28-22)30-37(34,35)21-11-7-9-18(12-21)25(33)31(5)20(16-36-23)14-27(2,3)4/h6-13,20,32H,14-16H2,1-5H3,(H,28,29,30)/t20-/m1/s1. The molecule has 1 aliphatic rings. The molecule has 1 aliphatic heterocycles. The Kier molecular flexibility index (Phi) is 7.25. The van der Waals surface area contributed by atoms with E-state index in [4.69, 9.17) is 4.74 Å². The Morgan fingerprint density at radius 3 is 2.57 bits per heavy atom. The number of aromatic nitrogens is 2. The molecule has 0 saturated heterocycles. The minimum absolute atomic E-state index is 0.0817. The number of nitrogens with one attached hydrogen (secondary N) is 1. The van der Waals surface area contributed by atoms with Crippen molar-refractivity contribution >= 4 is 21.9 Å². The highest BCUT2D eigenvalue weighted by Crippen LogP contribution is 2.31. The van der Waals surface area contributed by atoms with Gasteiger partial charge in [-0.15, -0.1) is 0 Å². The quantitative estimate of drug-likeness (QED) is 0.531. The lowest BCUT2D eigenvalue weighted by molar-refractivity contribution is 0.0613. The molecule has 1 atom stereocenters. The van der Waals surface area contributed by atoms with Gasteiger partial charge in [-0.2, -0.15) is 4.98 Å². The number of aryl methyl sites for hydroxylation is 1. The van der Waals surface area contributed by atoms with Crippen LogP contribution < -0.4 is 9.46 Å². The first kappa shape index (κ1) is 26.6. The summed E-state index contributed by atoms with van der Waals surface area (Å²) in [7, 11) is -2.42. The van der Waals surface area contributed by atoms with Crippen molar-refractivity contribution in [3.05, 3.63) is 65.2 Å². The van der Waals surface area contributed by atoms with Crippen molar-refractivity contribution in [2.45, 2.75) is 51.7 Å². The number of fused-ring (bicyclic) bond motifs is 4. The highest BCUT2D eigenvalue weighted by Gasteiger charge is 2.29. The molecule has 0 aliphatic carbocycles. The number of ether oxygens (including phenoxy) is 1. The molecule has 2 aromatic carbocycles. The number of hydrogen-bond acceptors (Lipinski definition) is 7. The van der Waals surface area contributed by atoms with E-state index in [0.29, 0.717) is 23.2 Å². The summed E-state index contributed by atoms with van der Waals surface area (Å²) in [6, 6.07) is 12.7. The van der Waals surface area contributed by atoms with E-state index in [1.54, 1.807) is 30.1 Å². The number of benzene rings is 2. The maximum absolute atomic E-state index is 13.4. The van der Waals surface area contributed by atoms with Crippen molar-refractivity contribution in [1.29, 1.82) is 0 Å². The molecule has 0 fully saturated rings. The van der Waals surface area contributed by atoms with Crippen LogP contribution in [0.15, 0.2) is 53.4 Å². The van der Waals surface area contributed by atoms with E-state index < -0.39 is 10.0 Å². The molecule has 0 saturated carbocycles. The van der Waals surface area contributed by atoms with Crippen molar-refractivity contribution < 1.29 is 23.1 Å². The van der Waals surface area contributed by atoms with Crippen LogP contribution in [0.2, 0.25) is 0 Å². The zero-order valence-electron chi connectivity index (χ0n) is 21.6. The smallest absolute Gasteiger partial charge is 0.264 e. The molecule has 0 unspecified atom stereocenters. The van der Waals surface area contributed by atoms with Crippen LogP contribution in [0.5, 0.6) is 5.88 Å². The van der Waals surface area contributed by atoms with Crippen molar-refractivity contribution in [1.82, 2.24) is 14.9 Å². The highest BCUT2D eigenvalue weighted by molar-refractivity contribution is 7.92. The molecule has 196 valence electrons. The lowest BCUT2D eigenvalue weighted by Gasteiger charge is -2.33. The van der Waals surface area contributed by atoms with Gasteiger partial charge < -0.3 is 14.7 Å². The lowest BCUT2D eigenvalue weighted by atomic mass is 9.87. The second-order valence-corrected chi connectivity index (χ2v) is 12.1. The normalized spacial score (nSPS) is 17.6. The number of hydrogen-bond donors (Lipinski definition) is 2. The Morgan fingerprint density at radius 2 is 1.86 bits per heavy atom. The maximum Gasteiger partial charge on any atom is 0.264 e. The molecule has 0 spiro atoms. The van der Waals surface area contributed by atoms with Gasteiger partial charge in [0.25, 0.3) is 15.9 Å². The van der Waals surface area contributed by atoms with Crippen LogP contribution >= 0.6 is 0 Å². The van der Waals surface area contributed by atoms with E-state index in [0.717, 1.165) is 5.56 Å². The summed E-state index contributed by atoms with van der Waals surface area (Å²) in [5, 5.41) is 9.93. The predicted octanol–water partition coefficient (Wildman–Crippen LogP) is 4.01. The molecule has 2 heterocycles. The van der Waals surface area contributed by atoms with E-state index in [-0.39, 0.29) is 52.9 Å². The first-order valence-corrected chi connectivity index (χ1v) is 13.5. The third-order valence-corrected chi connectivity index (χ3v) is 7.57. The predicted molar refractivity (Wildman–Crippen MR) is 141 cm³/mol. The fraction of sp³-hybridized carbons (Fsp3) is 0.370. The minimum atomic E-state index is -4.12. The number of aliphatic hydroxyl groups excluding tert-OH is 1. The number of nitrogens with zero attached hydrogens (tertiary/aromatic N) is 3. The van der Waals surface area contributed by atoms with E-state index in [9.17, 15) is 18.3 Å². The Hall–Kier alpha value is -3.50. The highest BCUT2D eigenvalue weighted by atomic mass is 32.2. The van der Waals surface area contributed by atoms with Gasteiger partial charge in [0.1, 0.15) is 6.61 Å². The van der Waals surface area contributed by atoms with Crippen LogP contribution in [0, 0.1) is 12.3 Å². The fourth-order valence-corrected chi connectivity index (χ4v) is 5.43. The summed E-state index contributed by atoms with van der Waals surface area (Å²) >= 11 is 0. The third kappa shape index (κ3) is 5.91. The van der Waals surface area contributed by atoms with E-state index in [2.05, 4.69) is 35.5 Å². The molecule has 10 heteroatoms. The zero-order valence-corrected chi connectivity index (χ0v) is 22.5. The summed E-state index contributed by atoms with van der Waals surface area (Å²) in [5.74, 6) is -0.322. The van der Waals surface area contributed by atoms with Crippen molar-refractivity contribution in [2.24, 2.45) is 5.41 Å². The summed E-state index contributed by atoms with van der Waals surface area (Å²) in [6.45, 7) is 8.06. The topological polar surface area (TPSA) is 122 Å². The first-order valence-electron chi connectivity index (χ1n) is 12.0. The molecular weight excluding hydrogens is 492 g/mol. The van der Waals surface area contributed by atoms with Gasteiger partial charge in [-0.3, -0.25) is 4.79 Å². The lowest BCUT2D eigenvalue weighted by Crippen LogP contribution is -2.43. The molecule has 9 nitrogen and oxygen atoms in total. The van der Waals surface area contributed by atoms with Gasteiger partial charge in [0, 0.05) is 24.2 Å². The number of carbonyl (C=O) groups is 1. The Labute approximate surface area is 217 Å². The van der Waals surface area contributed by atoms with Crippen LogP contribution in [-0.4, -0.2) is 54.0 Å². The molecule has 37 heavy (non-hydrogen) atoms. The van der Waals surface area contributed by atoms with Crippen molar-refractivity contribution in [3.63, 3.8) is 0 Å². The SMILES string of the molecule is Cc1cccc(CO)c1-c1cc2nc(n1)NS(=O)(=O)c1cccc(c1)C(=O)N(C)[C@H](CC(C)(C)C)CO2. The summed E-state index contributed by atoms with van der Waals surface area (Å²) in [4.78, 5) is 23.7. The van der Waals surface area contributed by atoms with Gasteiger partial charge in [0.15, 0.2) is 0 Å². The third-order valence-electron chi connectivity index (χ3n) is 6.24. The molecule has 1 aromatic heterocycles. The monoisotopic (exact) mass is 524 g/mol. The minimum Gasteiger partial charge on any atom is -0.475 e. The molecule has 3 aromatic rings. The summed E-state index contributed by atoms with van der Waals surface area (Å²) in [6.07, 6.45) is 0.642. The van der Waals surface area contributed by atoms with Gasteiger partial charge in [-0.25, -0.2) is 18.1 Å². The van der Waals surface area contributed by atoms with Crippen LogP contribution in [0.4, 0.5) is 5.95 Å². The van der Waals surface area contributed by atoms with Gasteiger partial charge in [0.05, 0.1) is 23.2 Å². The molecule has 2 N–H and O–H groups in total. The molecule has 4 rings (SSSR count). The molecule has 0 radical (unpaired) electrons. The maximum atomic E-state index is 13.4. The van der Waals surface area contributed by atoms with Gasteiger partial charge >= 0.3 is 0 Å². The second kappa shape index (κ2) is 10.1. The Balaban J connectivity index is 1.90. The van der Waals surface area contributed by atoms with E-state index >= 15 is 0 Å². The zero-order chi connectivity index (χ0) is 27.0. The summed E-state index contributed by atoms with van der Waals surface area (Å²) < 4.78 is 35.0. The largest absolute Gasteiger partial charge is 0.475 e. The Morgan fingerprint density at radius 1 is 1.14 bits per heavy atom. The van der Waals surface area contributed by atoms with Gasteiger partial charge in [-0.05, 0) is 48.1 Å². The fourth-order valence-electron chi connectivity index (χ4n) is 4.44. The first-order chi connectivity index (χ1) is 17.4. The molecular formula is C27H32N4O5S. The van der Waals surface area contributed by atoms with Crippen LogP contribution in [-0.2, 0) is 16.6 Å². The number of aliphatic hydroxyl groups is 1. The number of amides is 1. The van der Waals surface area contributed by atoms with Crippen LogP contribution in [0.25, 0.3) is 11.3 Å². The average Bonchev–Trinajstić information content (AvgIpc) is 2.84. The van der Waals surface area contributed by atoms with Gasteiger partial charge in [-0.1, -0.05) is 45.0 Å². The molecule has 1 amide bonds. The van der Waals surface area contributed by atoms with Crippen molar-refractivity contribution in [2.75, 3.05) is 18.4 Å². The van der Waals surface area contributed by atoms with Crippen LogP contribution in [0.3, 0.4) is 0 Å². The van der Waals surface area contributed by atoms with Gasteiger partial charge in [0.2, 0.25) is 11.8 Å². The van der Waals surface area contributed by atoms with E-state index in [1.165, 1.54) is 18.2 Å². The number of anilines is 1. The number of sulfonamides is 1. The van der Waals surface area contributed by atoms with E-state index in [1.807, 2.05) is 19.1 Å². The van der Waals surface area contributed by atoms with Crippen molar-refractivity contribution in [3.8, 4) is 17.1 Å². The molecule has 4 bridgehead atoms. The van der Waals surface area contributed by atoms with Crippen LogP contribution in [0.1, 0.15) is 48.7 Å². The number of rotatable bonds is 3. The second-order valence-electron chi connectivity index (χ2n) is 10.5.